The average Bonchev–Trinajstić information content (AvgIpc) is 2.68. The summed E-state index contributed by atoms with van der Waals surface area (Å²) in [6, 6.07) is 16.2. The van der Waals surface area contributed by atoms with Crippen molar-refractivity contribution in [2.24, 2.45) is 0 Å². The van der Waals surface area contributed by atoms with Gasteiger partial charge in [0.1, 0.15) is 18.5 Å². The van der Waals surface area contributed by atoms with Crippen molar-refractivity contribution < 1.29 is 14.8 Å². The lowest BCUT2D eigenvalue weighted by atomic mass is 10.2. The number of hydrogen-bond acceptors (Lipinski definition) is 6. The summed E-state index contributed by atoms with van der Waals surface area (Å²) >= 11 is 0. The van der Waals surface area contributed by atoms with Crippen molar-refractivity contribution >= 4 is 11.4 Å². The molecule has 0 aliphatic carbocycles. The normalized spacial score (nSPS) is 16.3. The minimum absolute atomic E-state index is 0.0224. The van der Waals surface area contributed by atoms with Crippen LogP contribution in [0.25, 0.3) is 0 Å². The first-order valence-electron chi connectivity index (χ1n) is 8.69. The van der Waals surface area contributed by atoms with Gasteiger partial charge in [0, 0.05) is 50.5 Å². The van der Waals surface area contributed by atoms with Gasteiger partial charge in [-0.25, -0.2) is 0 Å². The molecule has 7 nitrogen and oxygen atoms in total. The quantitative estimate of drug-likeness (QED) is 0.604. The summed E-state index contributed by atoms with van der Waals surface area (Å²) in [6.45, 7) is 4.36. The molecule has 1 aliphatic heterocycles. The van der Waals surface area contributed by atoms with Crippen molar-refractivity contribution in [3.63, 3.8) is 0 Å². The largest absolute Gasteiger partial charge is 0.491 e. The maximum atomic E-state index is 10.6. The number of rotatable bonds is 7. The minimum Gasteiger partial charge on any atom is -0.491 e. The van der Waals surface area contributed by atoms with E-state index in [2.05, 4.69) is 21.9 Å². The predicted molar refractivity (Wildman–Crippen MR) is 99.7 cm³/mol. The summed E-state index contributed by atoms with van der Waals surface area (Å²) in [5, 5.41) is 20.8. The number of nitrogens with zero attached hydrogens (tertiary/aromatic N) is 3. The zero-order valence-corrected chi connectivity index (χ0v) is 14.5. The molecule has 2 aromatic rings. The van der Waals surface area contributed by atoms with Gasteiger partial charge in [-0.3, -0.25) is 15.0 Å². The molecule has 1 atom stereocenters. The molecule has 7 heteroatoms. The molecule has 1 N–H and O–H groups in total. The molecule has 0 amide bonds. The standard InChI is InChI=1S/C19H23N3O4/c23-18(15-26-19-8-6-17(7-9-19)22(24)25)14-20-10-12-21(13-11-20)16-4-2-1-3-5-16/h1-9,18,23H,10-15H2/t18-/m0/s1. The van der Waals surface area contributed by atoms with E-state index in [4.69, 9.17) is 4.74 Å². The van der Waals surface area contributed by atoms with Crippen LogP contribution < -0.4 is 9.64 Å². The van der Waals surface area contributed by atoms with E-state index in [1.165, 1.54) is 17.8 Å². The summed E-state index contributed by atoms with van der Waals surface area (Å²) in [5.41, 5.74) is 1.25. The lowest BCUT2D eigenvalue weighted by Crippen LogP contribution is -2.49. The summed E-state index contributed by atoms with van der Waals surface area (Å²) in [7, 11) is 0. The highest BCUT2D eigenvalue weighted by molar-refractivity contribution is 5.46. The minimum atomic E-state index is -0.603. The fourth-order valence-corrected chi connectivity index (χ4v) is 3.03. The number of nitro benzene ring substituents is 1. The Morgan fingerprint density at radius 3 is 2.31 bits per heavy atom. The molecule has 1 fully saturated rings. The summed E-state index contributed by atoms with van der Waals surface area (Å²) in [4.78, 5) is 14.7. The number of piperazine rings is 1. The van der Waals surface area contributed by atoms with E-state index in [1.54, 1.807) is 12.1 Å². The molecule has 0 bridgehead atoms. The number of hydrogen-bond donors (Lipinski definition) is 1. The Balaban J connectivity index is 1.40. The van der Waals surface area contributed by atoms with Crippen LogP contribution in [0.1, 0.15) is 0 Å². The molecule has 0 unspecified atom stereocenters. The first-order chi connectivity index (χ1) is 12.6. The van der Waals surface area contributed by atoms with Crippen LogP contribution >= 0.6 is 0 Å². The van der Waals surface area contributed by atoms with Crippen molar-refractivity contribution in [2.75, 3.05) is 44.2 Å². The van der Waals surface area contributed by atoms with Gasteiger partial charge in [-0.05, 0) is 24.3 Å². The van der Waals surface area contributed by atoms with Crippen LogP contribution in [0, 0.1) is 10.1 Å². The van der Waals surface area contributed by atoms with E-state index in [-0.39, 0.29) is 12.3 Å². The Morgan fingerprint density at radius 2 is 1.69 bits per heavy atom. The van der Waals surface area contributed by atoms with E-state index >= 15 is 0 Å². The Kier molecular flexibility index (Phi) is 6.04. The monoisotopic (exact) mass is 357 g/mol. The highest BCUT2D eigenvalue weighted by atomic mass is 16.6. The van der Waals surface area contributed by atoms with Gasteiger partial charge >= 0.3 is 0 Å². The Labute approximate surface area is 152 Å². The Morgan fingerprint density at radius 1 is 1.04 bits per heavy atom. The molecule has 0 radical (unpaired) electrons. The molecule has 26 heavy (non-hydrogen) atoms. The third-order valence-corrected chi connectivity index (χ3v) is 4.45. The lowest BCUT2D eigenvalue weighted by molar-refractivity contribution is -0.384. The van der Waals surface area contributed by atoms with Crippen LogP contribution in [0.2, 0.25) is 0 Å². The van der Waals surface area contributed by atoms with Crippen LogP contribution in [0.3, 0.4) is 0 Å². The molecule has 0 saturated carbocycles. The maximum Gasteiger partial charge on any atom is 0.269 e. The van der Waals surface area contributed by atoms with Gasteiger partial charge in [0.15, 0.2) is 0 Å². The zero-order valence-electron chi connectivity index (χ0n) is 14.5. The van der Waals surface area contributed by atoms with Crippen molar-refractivity contribution in [3.8, 4) is 5.75 Å². The molecular formula is C19H23N3O4. The number of anilines is 1. The van der Waals surface area contributed by atoms with Gasteiger partial charge in [0.2, 0.25) is 0 Å². The molecular weight excluding hydrogens is 334 g/mol. The first-order valence-corrected chi connectivity index (χ1v) is 8.69. The highest BCUT2D eigenvalue weighted by Gasteiger charge is 2.19. The summed E-state index contributed by atoms with van der Waals surface area (Å²) in [6.07, 6.45) is -0.603. The van der Waals surface area contributed by atoms with Gasteiger partial charge in [-0.1, -0.05) is 18.2 Å². The van der Waals surface area contributed by atoms with Crippen molar-refractivity contribution in [3.05, 3.63) is 64.7 Å². The number of aliphatic hydroxyl groups excluding tert-OH is 1. The van der Waals surface area contributed by atoms with Gasteiger partial charge in [-0.2, -0.15) is 0 Å². The van der Waals surface area contributed by atoms with E-state index in [0.29, 0.717) is 12.3 Å². The molecule has 138 valence electrons. The van der Waals surface area contributed by atoms with E-state index in [9.17, 15) is 15.2 Å². The van der Waals surface area contributed by atoms with Gasteiger partial charge < -0.3 is 14.7 Å². The number of benzene rings is 2. The van der Waals surface area contributed by atoms with Crippen LogP contribution in [-0.4, -0.2) is 60.4 Å². The lowest BCUT2D eigenvalue weighted by Gasteiger charge is -2.36. The second kappa shape index (κ2) is 8.64. The Hall–Kier alpha value is -2.64. The molecule has 1 aliphatic rings. The average molecular weight is 357 g/mol. The smallest absolute Gasteiger partial charge is 0.269 e. The molecule has 0 spiro atoms. The van der Waals surface area contributed by atoms with E-state index in [0.717, 1.165) is 26.2 Å². The van der Waals surface area contributed by atoms with Crippen LogP contribution in [0.5, 0.6) is 5.75 Å². The van der Waals surface area contributed by atoms with E-state index < -0.39 is 11.0 Å². The third kappa shape index (κ3) is 4.93. The number of β-amino-alcohol motifs (C(OH)–C–C–N with tert-alkyl or cyclic N) is 1. The van der Waals surface area contributed by atoms with Crippen molar-refractivity contribution in [1.82, 2.24) is 4.90 Å². The summed E-state index contributed by atoms with van der Waals surface area (Å²) in [5.74, 6) is 0.517. The molecule has 1 heterocycles. The predicted octanol–water partition coefficient (Wildman–Crippen LogP) is 2.16. The number of non-ortho nitro benzene ring substituents is 1. The fraction of sp³-hybridized carbons (Fsp3) is 0.368. The van der Waals surface area contributed by atoms with Crippen molar-refractivity contribution in [2.45, 2.75) is 6.10 Å². The summed E-state index contributed by atoms with van der Waals surface area (Å²) < 4.78 is 5.52. The number of aliphatic hydroxyl groups is 1. The van der Waals surface area contributed by atoms with Gasteiger partial charge in [0.05, 0.1) is 4.92 Å². The number of nitro groups is 1. The highest BCUT2D eigenvalue weighted by Crippen LogP contribution is 2.18. The molecule has 2 aromatic carbocycles. The third-order valence-electron chi connectivity index (χ3n) is 4.45. The number of para-hydroxylation sites is 1. The fourth-order valence-electron chi connectivity index (χ4n) is 3.03. The Bertz CT molecular complexity index is 700. The van der Waals surface area contributed by atoms with Crippen LogP contribution in [-0.2, 0) is 0 Å². The maximum absolute atomic E-state index is 10.6. The van der Waals surface area contributed by atoms with E-state index in [1.807, 2.05) is 18.2 Å². The molecule has 1 saturated heterocycles. The van der Waals surface area contributed by atoms with Gasteiger partial charge in [-0.15, -0.1) is 0 Å². The van der Waals surface area contributed by atoms with Crippen LogP contribution in [0.4, 0.5) is 11.4 Å². The van der Waals surface area contributed by atoms with Crippen LogP contribution in [0.15, 0.2) is 54.6 Å². The number of ether oxygens (including phenoxy) is 1. The topological polar surface area (TPSA) is 79.1 Å². The first kappa shape index (κ1) is 18.2. The second-order valence-electron chi connectivity index (χ2n) is 6.34. The SMILES string of the molecule is O=[N+]([O-])c1ccc(OC[C@@H](O)CN2CCN(c3ccccc3)CC2)cc1. The zero-order chi connectivity index (χ0) is 18.4. The van der Waals surface area contributed by atoms with Crippen molar-refractivity contribution in [1.29, 1.82) is 0 Å². The van der Waals surface area contributed by atoms with Gasteiger partial charge in [0.25, 0.3) is 5.69 Å². The molecule has 0 aromatic heterocycles. The molecule has 3 rings (SSSR count). The second-order valence-corrected chi connectivity index (χ2v) is 6.34.